The number of carbonyl (C=O) groups excluding carboxylic acids is 1. The molecule has 0 spiro atoms. The van der Waals surface area contributed by atoms with E-state index in [1.54, 1.807) is 5.43 Å². The zero-order chi connectivity index (χ0) is 18.5. The van der Waals surface area contributed by atoms with E-state index in [4.69, 9.17) is 10.6 Å². The van der Waals surface area contributed by atoms with Crippen LogP contribution in [-0.4, -0.2) is 52.7 Å². The highest BCUT2D eigenvalue weighted by molar-refractivity contribution is 7.92. The first-order valence-corrected chi connectivity index (χ1v) is 8.57. The second-order valence-electron chi connectivity index (χ2n) is 4.89. The number of hydrazine groups is 1. The quantitative estimate of drug-likeness (QED) is 0.202. The molecule has 1 heterocycles. The van der Waals surface area contributed by atoms with Gasteiger partial charge >= 0.3 is 17.1 Å². The maximum atomic E-state index is 11.8. The molecule has 0 aromatic carbocycles. The number of ether oxygens (including phenoxy) is 1. The van der Waals surface area contributed by atoms with E-state index in [0.717, 1.165) is 13.7 Å². The Bertz CT molecular complexity index is 839. The molecule has 1 aromatic rings. The number of amides is 1. The smallest absolute Gasteiger partial charge is 0.336 e. The highest BCUT2D eigenvalue weighted by Crippen LogP contribution is 1.91. The molecule has 1 rings (SSSR count). The standard InChI is InChI=1S/C11H19N5O7S/c1-14-9(18)15(2)11(20)16(10(14)19)3-4-23-5-6-24(21,22)7-8(17)13-12/h3-7,12H2,1-2H3,(H,13,17). The summed E-state index contributed by atoms with van der Waals surface area (Å²) in [5.74, 6) is 2.79. The van der Waals surface area contributed by atoms with Crippen LogP contribution in [0.3, 0.4) is 0 Å². The number of nitrogens with one attached hydrogen (secondary N) is 1. The first kappa shape index (κ1) is 19.8. The van der Waals surface area contributed by atoms with Crippen molar-refractivity contribution in [2.45, 2.75) is 6.54 Å². The second-order valence-corrected chi connectivity index (χ2v) is 7.07. The highest BCUT2D eigenvalue weighted by atomic mass is 32.2. The van der Waals surface area contributed by atoms with Gasteiger partial charge in [-0.05, 0) is 0 Å². The molecule has 0 radical (unpaired) electrons. The molecule has 0 aliphatic heterocycles. The zero-order valence-electron chi connectivity index (χ0n) is 13.2. The summed E-state index contributed by atoms with van der Waals surface area (Å²) in [5, 5.41) is 0. The van der Waals surface area contributed by atoms with Crippen LogP contribution >= 0.6 is 0 Å². The third-order valence-corrected chi connectivity index (χ3v) is 4.61. The Hall–Kier alpha value is -2.25. The van der Waals surface area contributed by atoms with E-state index in [1.165, 1.54) is 14.1 Å². The summed E-state index contributed by atoms with van der Waals surface area (Å²) in [5.41, 5.74) is -0.619. The average molecular weight is 365 g/mol. The largest absolute Gasteiger partial charge is 0.379 e. The number of hydrogen-bond donors (Lipinski definition) is 2. The number of aromatic nitrogens is 3. The fourth-order valence-electron chi connectivity index (χ4n) is 1.78. The van der Waals surface area contributed by atoms with Crippen molar-refractivity contribution < 1.29 is 17.9 Å². The van der Waals surface area contributed by atoms with E-state index in [2.05, 4.69) is 0 Å². The Morgan fingerprint density at radius 3 is 2.12 bits per heavy atom. The van der Waals surface area contributed by atoms with E-state index in [-0.39, 0.29) is 19.8 Å². The molecule has 0 saturated carbocycles. The zero-order valence-corrected chi connectivity index (χ0v) is 14.0. The molecule has 0 bridgehead atoms. The predicted molar refractivity (Wildman–Crippen MR) is 83.0 cm³/mol. The maximum Gasteiger partial charge on any atom is 0.336 e. The molecule has 1 amide bonds. The van der Waals surface area contributed by atoms with Gasteiger partial charge in [0.15, 0.2) is 9.84 Å². The van der Waals surface area contributed by atoms with Crippen LogP contribution in [0.2, 0.25) is 0 Å². The van der Waals surface area contributed by atoms with Gasteiger partial charge in [-0.3, -0.25) is 10.2 Å². The maximum absolute atomic E-state index is 11.8. The lowest BCUT2D eigenvalue weighted by Crippen LogP contribution is -2.53. The Morgan fingerprint density at radius 2 is 1.62 bits per heavy atom. The minimum Gasteiger partial charge on any atom is -0.379 e. The van der Waals surface area contributed by atoms with E-state index in [0.29, 0.717) is 0 Å². The van der Waals surface area contributed by atoms with Crippen LogP contribution in [-0.2, 0) is 40.0 Å². The lowest BCUT2D eigenvalue weighted by Gasteiger charge is -2.09. The van der Waals surface area contributed by atoms with Gasteiger partial charge in [-0.15, -0.1) is 0 Å². The van der Waals surface area contributed by atoms with Crippen molar-refractivity contribution in [1.82, 2.24) is 19.1 Å². The van der Waals surface area contributed by atoms with Crippen molar-refractivity contribution in [2.75, 3.05) is 24.7 Å². The molecule has 0 unspecified atom stereocenters. The van der Waals surface area contributed by atoms with Crippen molar-refractivity contribution in [3.8, 4) is 0 Å². The lowest BCUT2D eigenvalue weighted by atomic mass is 10.6. The molecule has 1 aromatic heterocycles. The molecular weight excluding hydrogens is 346 g/mol. The number of hydrogen-bond acceptors (Lipinski definition) is 8. The van der Waals surface area contributed by atoms with Crippen molar-refractivity contribution in [1.29, 1.82) is 0 Å². The Balaban J connectivity index is 2.62. The van der Waals surface area contributed by atoms with Gasteiger partial charge in [-0.25, -0.2) is 42.3 Å². The number of carbonyl (C=O) groups is 1. The molecule has 0 aliphatic carbocycles. The van der Waals surface area contributed by atoms with E-state index >= 15 is 0 Å². The van der Waals surface area contributed by atoms with Crippen LogP contribution in [0.15, 0.2) is 14.4 Å². The lowest BCUT2D eigenvalue weighted by molar-refractivity contribution is -0.118. The van der Waals surface area contributed by atoms with Gasteiger partial charge in [0.05, 0.1) is 25.5 Å². The van der Waals surface area contributed by atoms with Crippen LogP contribution < -0.4 is 28.3 Å². The third-order valence-electron chi connectivity index (χ3n) is 3.12. The molecule has 0 saturated heterocycles. The number of sulfone groups is 1. The SMILES string of the molecule is Cn1c(=O)n(C)c(=O)n(CCOCCS(=O)(=O)CC(=O)NN)c1=O. The summed E-state index contributed by atoms with van der Waals surface area (Å²) in [6, 6.07) is 0. The first-order valence-electron chi connectivity index (χ1n) is 6.75. The fourth-order valence-corrected chi connectivity index (χ4v) is 2.78. The van der Waals surface area contributed by atoms with Gasteiger partial charge in [-0.2, -0.15) is 0 Å². The topological polar surface area (TPSA) is 164 Å². The van der Waals surface area contributed by atoms with Gasteiger partial charge in [0.25, 0.3) is 0 Å². The molecule has 0 atom stereocenters. The van der Waals surface area contributed by atoms with Crippen LogP contribution in [0, 0.1) is 0 Å². The number of rotatable bonds is 8. The van der Waals surface area contributed by atoms with Gasteiger partial charge in [-0.1, -0.05) is 0 Å². The highest BCUT2D eigenvalue weighted by Gasteiger charge is 2.16. The monoisotopic (exact) mass is 365 g/mol. The van der Waals surface area contributed by atoms with Crippen LogP contribution in [0.5, 0.6) is 0 Å². The van der Waals surface area contributed by atoms with Crippen molar-refractivity contribution >= 4 is 15.7 Å². The molecular formula is C11H19N5O7S. The minimum atomic E-state index is -3.67. The third kappa shape index (κ3) is 4.87. The average Bonchev–Trinajstić information content (AvgIpc) is 2.53. The number of nitrogens with zero attached hydrogens (tertiary/aromatic N) is 3. The summed E-state index contributed by atoms with van der Waals surface area (Å²) in [7, 11) is -1.20. The summed E-state index contributed by atoms with van der Waals surface area (Å²) in [6.07, 6.45) is 0. The Labute approximate surface area is 136 Å². The van der Waals surface area contributed by atoms with Gasteiger partial charge in [0.2, 0.25) is 5.91 Å². The predicted octanol–water partition coefficient (Wildman–Crippen LogP) is -4.33. The van der Waals surface area contributed by atoms with Crippen molar-refractivity contribution in [3.63, 3.8) is 0 Å². The second kappa shape index (κ2) is 8.03. The van der Waals surface area contributed by atoms with Gasteiger partial charge in [0, 0.05) is 14.1 Å². The van der Waals surface area contributed by atoms with E-state index in [1.807, 2.05) is 0 Å². The van der Waals surface area contributed by atoms with Crippen LogP contribution in [0.25, 0.3) is 0 Å². The van der Waals surface area contributed by atoms with Crippen molar-refractivity contribution in [2.24, 2.45) is 19.9 Å². The van der Waals surface area contributed by atoms with Crippen molar-refractivity contribution in [3.05, 3.63) is 31.5 Å². The minimum absolute atomic E-state index is 0.119. The molecule has 13 heteroatoms. The molecule has 12 nitrogen and oxygen atoms in total. The van der Waals surface area contributed by atoms with Gasteiger partial charge < -0.3 is 4.74 Å². The summed E-state index contributed by atoms with van der Waals surface area (Å²) >= 11 is 0. The molecule has 0 aliphatic rings. The van der Waals surface area contributed by atoms with E-state index in [9.17, 15) is 27.6 Å². The number of nitrogens with two attached hydrogens (primary N) is 1. The Kier molecular flexibility index (Phi) is 6.62. The van der Waals surface area contributed by atoms with E-state index < -0.39 is 44.3 Å². The molecule has 3 N–H and O–H groups in total. The van der Waals surface area contributed by atoms with Gasteiger partial charge in [0.1, 0.15) is 5.75 Å². The molecule has 0 fully saturated rings. The summed E-state index contributed by atoms with van der Waals surface area (Å²) in [6.45, 7) is -0.490. The Morgan fingerprint density at radius 1 is 1.08 bits per heavy atom. The van der Waals surface area contributed by atoms with Crippen LogP contribution in [0.4, 0.5) is 0 Å². The normalized spacial score (nSPS) is 11.5. The molecule has 136 valence electrons. The van der Waals surface area contributed by atoms with Crippen LogP contribution in [0.1, 0.15) is 0 Å². The summed E-state index contributed by atoms with van der Waals surface area (Å²) in [4.78, 5) is 46.1. The first-order chi connectivity index (χ1) is 11.1. The summed E-state index contributed by atoms with van der Waals surface area (Å²) < 4.78 is 30.5. The fraction of sp³-hybridized carbons (Fsp3) is 0.636. The molecule has 24 heavy (non-hydrogen) atoms.